The second-order valence-corrected chi connectivity index (χ2v) is 5.73. The Hall–Kier alpha value is -2.41. The molecule has 0 aliphatic carbocycles. The molecular weight excluding hydrogens is 311 g/mol. The van der Waals surface area contributed by atoms with Crippen molar-refractivity contribution >= 4 is 11.6 Å². The van der Waals surface area contributed by atoms with Gasteiger partial charge in [0.15, 0.2) is 5.69 Å². The van der Waals surface area contributed by atoms with E-state index in [2.05, 4.69) is 20.1 Å². The van der Waals surface area contributed by atoms with Gasteiger partial charge in [0.05, 0.1) is 6.54 Å². The Morgan fingerprint density at radius 2 is 1.96 bits per heavy atom. The van der Waals surface area contributed by atoms with E-state index >= 15 is 0 Å². The maximum Gasteiger partial charge on any atom is 0.273 e. The summed E-state index contributed by atoms with van der Waals surface area (Å²) < 4.78 is 18.4. The van der Waals surface area contributed by atoms with Gasteiger partial charge >= 0.3 is 0 Å². The molecule has 6 nitrogen and oxygen atoms in total. The summed E-state index contributed by atoms with van der Waals surface area (Å²) >= 11 is 0. The third kappa shape index (κ3) is 3.91. The van der Waals surface area contributed by atoms with Crippen LogP contribution in [0.1, 0.15) is 23.3 Å². The van der Waals surface area contributed by atoms with Gasteiger partial charge in [-0.05, 0) is 31.2 Å². The van der Waals surface area contributed by atoms with Gasteiger partial charge in [-0.2, -0.15) is 0 Å². The van der Waals surface area contributed by atoms with Crippen molar-refractivity contribution in [1.29, 1.82) is 0 Å². The highest BCUT2D eigenvalue weighted by Crippen LogP contribution is 2.17. The fourth-order valence-electron chi connectivity index (χ4n) is 2.75. The predicted octanol–water partition coefficient (Wildman–Crippen LogP) is 1.89. The van der Waals surface area contributed by atoms with Crippen LogP contribution < -0.4 is 10.2 Å². The molecule has 0 atom stereocenters. The van der Waals surface area contributed by atoms with Crippen molar-refractivity contribution < 1.29 is 13.6 Å². The van der Waals surface area contributed by atoms with Gasteiger partial charge in [-0.1, -0.05) is 0 Å². The molecule has 2 aromatic rings. The van der Waals surface area contributed by atoms with E-state index in [4.69, 9.17) is 4.42 Å². The maximum atomic E-state index is 13.0. The molecule has 1 amide bonds. The SMILES string of the molecule is CCNC(=O)c1coc(CN2CCN(c3ccc(F)cc3)CC2)n1. The van der Waals surface area contributed by atoms with E-state index in [-0.39, 0.29) is 11.7 Å². The Balaban J connectivity index is 1.52. The molecule has 1 fully saturated rings. The minimum Gasteiger partial charge on any atom is -0.447 e. The second-order valence-electron chi connectivity index (χ2n) is 5.73. The van der Waals surface area contributed by atoms with Crippen LogP contribution in [0.3, 0.4) is 0 Å². The second kappa shape index (κ2) is 7.44. The van der Waals surface area contributed by atoms with Crippen LogP contribution in [0, 0.1) is 5.82 Å². The summed E-state index contributed by atoms with van der Waals surface area (Å²) in [5.74, 6) is 0.115. The Morgan fingerprint density at radius 3 is 2.62 bits per heavy atom. The molecule has 1 aromatic carbocycles. The molecule has 0 radical (unpaired) electrons. The smallest absolute Gasteiger partial charge is 0.273 e. The number of amides is 1. The summed E-state index contributed by atoms with van der Waals surface area (Å²) in [6.07, 6.45) is 1.40. The third-order valence-electron chi connectivity index (χ3n) is 4.04. The molecule has 0 bridgehead atoms. The molecule has 0 spiro atoms. The number of halogens is 1. The number of carbonyl (C=O) groups is 1. The van der Waals surface area contributed by atoms with Crippen LogP contribution in [0.15, 0.2) is 34.9 Å². The average molecular weight is 332 g/mol. The van der Waals surface area contributed by atoms with E-state index in [9.17, 15) is 9.18 Å². The van der Waals surface area contributed by atoms with Crippen molar-refractivity contribution in [2.75, 3.05) is 37.6 Å². The summed E-state index contributed by atoms with van der Waals surface area (Å²) in [5.41, 5.74) is 1.35. The Labute approximate surface area is 140 Å². The normalized spacial score (nSPS) is 15.5. The van der Waals surface area contributed by atoms with Crippen molar-refractivity contribution in [3.63, 3.8) is 0 Å². The van der Waals surface area contributed by atoms with Gasteiger partial charge in [0.25, 0.3) is 5.91 Å². The molecular formula is C17H21FN4O2. The quantitative estimate of drug-likeness (QED) is 0.906. The highest BCUT2D eigenvalue weighted by atomic mass is 19.1. The number of piperazine rings is 1. The summed E-state index contributed by atoms with van der Waals surface area (Å²) in [5, 5.41) is 2.70. The first-order chi connectivity index (χ1) is 11.7. The van der Waals surface area contributed by atoms with Crippen molar-refractivity contribution in [2.24, 2.45) is 0 Å². The zero-order valence-electron chi connectivity index (χ0n) is 13.7. The van der Waals surface area contributed by atoms with Gasteiger partial charge in [0.1, 0.15) is 12.1 Å². The molecule has 1 aromatic heterocycles. The number of carbonyl (C=O) groups excluding carboxylic acids is 1. The lowest BCUT2D eigenvalue weighted by molar-refractivity contribution is 0.0950. The van der Waals surface area contributed by atoms with Crippen LogP contribution >= 0.6 is 0 Å². The lowest BCUT2D eigenvalue weighted by atomic mass is 10.2. The molecule has 1 saturated heterocycles. The molecule has 2 heterocycles. The highest BCUT2D eigenvalue weighted by Gasteiger charge is 2.20. The van der Waals surface area contributed by atoms with Crippen molar-refractivity contribution in [1.82, 2.24) is 15.2 Å². The first kappa shape index (κ1) is 16.4. The number of rotatable bonds is 5. The fraction of sp³-hybridized carbons (Fsp3) is 0.412. The number of nitrogens with one attached hydrogen (secondary N) is 1. The van der Waals surface area contributed by atoms with Crippen LogP contribution in [0.4, 0.5) is 10.1 Å². The van der Waals surface area contributed by atoms with E-state index in [0.717, 1.165) is 31.9 Å². The number of nitrogens with zero attached hydrogens (tertiary/aromatic N) is 3. The highest BCUT2D eigenvalue weighted by molar-refractivity contribution is 5.91. The molecule has 1 N–H and O–H groups in total. The lowest BCUT2D eigenvalue weighted by Gasteiger charge is -2.35. The first-order valence-corrected chi connectivity index (χ1v) is 8.11. The van der Waals surface area contributed by atoms with Gasteiger partial charge in [-0.3, -0.25) is 9.69 Å². The van der Waals surface area contributed by atoms with E-state index in [1.54, 1.807) is 12.1 Å². The molecule has 1 aliphatic rings. The van der Waals surface area contributed by atoms with Crippen LogP contribution in [0.5, 0.6) is 0 Å². The molecule has 24 heavy (non-hydrogen) atoms. The zero-order chi connectivity index (χ0) is 16.9. The van der Waals surface area contributed by atoms with Crippen LogP contribution in [-0.2, 0) is 6.54 Å². The third-order valence-corrected chi connectivity index (χ3v) is 4.04. The monoisotopic (exact) mass is 332 g/mol. The van der Waals surface area contributed by atoms with Gasteiger partial charge in [-0.25, -0.2) is 9.37 Å². The fourth-order valence-corrected chi connectivity index (χ4v) is 2.75. The minimum atomic E-state index is -0.218. The van der Waals surface area contributed by atoms with E-state index < -0.39 is 0 Å². The van der Waals surface area contributed by atoms with E-state index in [1.165, 1.54) is 18.4 Å². The van der Waals surface area contributed by atoms with E-state index in [0.29, 0.717) is 24.7 Å². The van der Waals surface area contributed by atoms with Crippen LogP contribution in [0.2, 0.25) is 0 Å². The molecule has 0 saturated carbocycles. The van der Waals surface area contributed by atoms with E-state index in [1.807, 2.05) is 6.92 Å². The van der Waals surface area contributed by atoms with Crippen LogP contribution in [0.25, 0.3) is 0 Å². The zero-order valence-corrected chi connectivity index (χ0v) is 13.7. The number of aromatic nitrogens is 1. The van der Waals surface area contributed by atoms with Gasteiger partial charge in [0.2, 0.25) is 5.89 Å². The van der Waals surface area contributed by atoms with Gasteiger partial charge < -0.3 is 14.6 Å². The predicted molar refractivity (Wildman–Crippen MR) is 88.4 cm³/mol. The number of anilines is 1. The summed E-state index contributed by atoms with van der Waals surface area (Å²) in [6.45, 7) is 6.43. The summed E-state index contributed by atoms with van der Waals surface area (Å²) in [7, 11) is 0. The van der Waals surface area contributed by atoms with Gasteiger partial charge in [0, 0.05) is 38.4 Å². The molecule has 7 heteroatoms. The molecule has 0 unspecified atom stereocenters. The topological polar surface area (TPSA) is 61.6 Å². The Kier molecular flexibility index (Phi) is 5.10. The number of benzene rings is 1. The standard InChI is InChI=1S/C17H21FN4O2/c1-2-19-17(23)15-12-24-16(20-15)11-21-7-9-22(10-8-21)14-5-3-13(18)4-6-14/h3-6,12H,2,7-11H2,1H3,(H,19,23). The Morgan fingerprint density at radius 1 is 1.25 bits per heavy atom. The lowest BCUT2D eigenvalue weighted by Crippen LogP contribution is -2.46. The van der Waals surface area contributed by atoms with Crippen molar-refractivity contribution in [3.05, 3.63) is 47.9 Å². The largest absolute Gasteiger partial charge is 0.447 e. The minimum absolute atomic E-state index is 0.214. The number of hydrogen-bond acceptors (Lipinski definition) is 5. The number of hydrogen-bond donors (Lipinski definition) is 1. The average Bonchev–Trinajstić information content (AvgIpc) is 3.05. The van der Waals surface area contributed by atoms with Crippen molar-refractivity contribution in [3.8, 4) is 0 Å². The number of oxazole rings is 1. The Bertz CT molecular complexity index is 678. The maximum absolute atomic E-state index is 13.0. The molecule has 3 rings (SSSR count). The molecule has 128 valence electrons. The van der Waals surface area contributed by atoms with Crippen molar-refractivity contribution in [2.45, 2.75) is 13.5 Å². The summed E-state index contributed by atoms with van der Waals surface area (Å²) in [6, 6.07) is 6.57. The molecule has 1 aliphatic heterocycles. The first-order valence-electron chi connectivity index (χ1n) is 8.11. The van der Waals surface area contributed by atoms with Gasteiger partial charge in [-0.15, -0.1) is 0 Å². The summed E-state index contributed by atoms with van der Waals surface area (Å²) in [4.78, 5) is 20.4. The van der Waals surface area contributed by atoms with Crippen LogP contribution in [-0.4, -0.2) is 48.5 Å².